The molecule has 0 aromatic heterocycles. The van der Waals surface area contributed by atoms with Gasteiger partial charge in [0.2, 0.25) is 0 Å². The summed E-state index contributed by atoms with van der Waals surface area (Å²) in [7, 11) is 0. The highest BCUT2D eigenvalue weighted by molar-refractivity contribution is 14.0. The molecule has 5 heteroatoms. The Hall–Kier alpha value is -1.29. The number of hydrogen-bond donors (Lipinski definition) is 1. The van der Waals surface area contributed by atoms with E-state index in [1.54, 1.807) is 6.07 Å². The first-order chi connectivity index (χ1) is 9.19. The molecule has 1 unspecified atom stereocenters. The number of nitrogens with two attached hydrogens (primary N) is 1. The molecule has 20 heavy (non-hydrogen) atoms. The predicted octanol–water partition coefficient (Wildman–Crippen LogP) is 2.72. The normalized spacial score (nSPS) is 19.1. The number of hydrogen-bond acceptors (Lipinski definition) is 2. The van der Waals surface area contributed by atoms with Gasteiger partial charge in [0.1, 0.15) is 0 Å². The lowest BCUT2D eigenvalue weighted by Crippen LogP contribution is -2.43. The number of guanidine groups is 1. The van der Waals surface area contributed by atoms with E-state index in [1.807, 2.05) is 18.2 Å². The van der Waals surface area contributed by atoms with Gasteiger partial charge in [-0.05, 0) is 36.5 Å². The van der Waals surface area contributed by atoms with Gasteiger partial charge in [-0.15, -0.1) is 24.0 Å². The molecule has 0 aliphatic carbocycles. The molecule has 1 saturated heterocycles. The van der Waals surface area contributed by atoms with Gasteiger partial charge in [-0.1, -0.05) is 19.1 Å². The molecule has 1 aromatic carbocycles. The highest BCUT2D eigenvalue weighted by Gasteiger charge is 2.17. The molecule has 0 spiro atoms. The van der Waals surface area contributed by atoms with Crippen molar-refractivity contribution in [1.29, 1.82) is 5.26 Å². The van der Waals surface area contributed by atoms with Crippen molar-refractivity contribution >= 4 is 29.9 Å². The summed E-state index contributed by atoms with van der Waals surface area (Å²) in [6.07, 6.45) is 2.45. The van der Waals surface area contributed by atoms with Crippen LogP contribution in [0.3, 0.4) is 0 Å². The second-order valence-electron chi connectivity index (χ2n) is 5.18. The minimum absolute atomic E-state index is 0. The van der Waals surface area contributed by atoms with Gasteiger partial charge >= 0.3 is 0 Å². The van der Waals surface area contributed by atoms with Crippen LogP contribution in [0, 0.1) is 17.2 Å². The second-order valence-corrected chi connectivity index (χ2v) is 5.18. The van der Waals surface area contributed by atoms with Crippen LogP contribution in [-0.4, -0.2) is 23.9 Å². The Bertz CT molecular complexity index is 507. The number of nitrogens with zero attached hydrogens (tertiary/aromatic N) is 3. The summed E-state index contributed by atoms with van der Waals surface area (Å²) in [5, 5.41) is 8.85. The molecule has 0 bridgehead atoms. The first-order valence-electron chi connectivity index (χ1n) is 6.73. The summed E-state index contributed by atoms with van der Waals surface area (Å²) in [5.41, 5.74) is 7.73. The number of likely N-dealkylation sites (tertiary alicyclic amines) is 1. The summed E-state index contributed by atoms with van der Waals surface area (Å²) >= 11 is 0. The Balaban J connectivity index is 0.00000200. The quantitative estimate of drug-likeness (QED) is 0.485. The van der Waals surface area contributed by atoms with Crippen LogP contribution < -0.4 is 5.73 Å². The zero-order valence-corrected chi connectivity index (χ0v) is 14.1. The Labute approximate surface area is 137 Å². The summed E-state index contributed by atoms with van der Waals surface area (Å²) in [4.78, 5) is 6.59. The van der Waals surface area contributed by atoms with Gasteiger partial charge in [0.15, 0.2) is 5.96 Å². The lowest BCUT2D eigenvalue weighted by atomic mass is 10.0. The van der Waals surface area contributed by atoms with Crippen molar-refractivity contribution < 1.29 is 0 Å². The van der Waals surface area contributed by atoms with Crippen molar-refractivity contribution in [1.82, 2.24) is 4.90 Å². The van der Waals surface area contributed by atoms with Crippen LogP contribution in [0.2, 0.25) is 0 Å². The van der Waals surface area contributed by atoms with Crippen LogP contribution in [0.15, 0.2) is 29.3 Å². The Morgan fingerprint density at radius 3 is 3.05 bits per heavy atom. The van der Waals surface area contributed by atoms with Gasteiger partial charge in [0.25, 0.3) is 0 Å². The van der Waals surface area contributed by atoms with E-state index in [4.69, 9.17) is 11.0 Å². The first-order valence-corrected chi connectivity index (χ1v) is 6.73. The zero-order chi connectivity index (χ0) is 13.7. The summed E-state index contributed by atoms with van der Waals surface area (Å²) in [6, 6.07) is 9.63. The monoisotopic (exact) mass is 384 g/mol. The largest absolute Gasteiger partial charge is 0.370 e. The molecule has 1 heterocycles. The molecule has 2 N–H and O–H groups in total. The van der Waals surface area contributed by atoms with E-state index in [0.717, 1.165) is 18.7 Å². The highest BCUT2D eigenvalue weighted by atomic mass is 127. The van der Waals surface area contributed by atoms with Crippen molar-refractivity contribution in [3.63, 3.8) is 0 Å². The van der Waals surface area contributed by atoms with Crippen LogP contribution in [0.1, 0.15) is 30.9 Å². The summed E-state index contributed by atoms with van der Waals surface area (Å²) in [5.74, 6) is 1.30. The minimum atomic E-state index is 0. The van der Waals surface area contributed by atoms with Gasteiger partial charge < -0.3 is 10.6 Å². The summed E-state index contributed by atoms with van der Waals surface area (Å²) in [6.45, 7) is 4.77. The smallest absolute Gasteiger partial charge is 0.191 e. The van der Waals surface area contributed by atoms with Crippen LogP contribution >= 0.6 is 24.0 Å². The fourth-order valence-corrected chi connectivity index (χ4v) is 2.41. The molecule has 0 radical (unpaired) electrons. The molecule has 1 aliphatic heterocycles. The van der Waals surface area contributed by atoms with E-state index in [1.165, 1.54) is 12.8 Å². The molecule has 2 rings (SSSR count). The second kappa shape index (κ2) is 8.10. The third kappa shape index (κ3) is 4.67. The van der Waals surface area contributed by atoms with E-state index in [9.17, 15) is 0 Å². The molecule has 108 valence electrons. The molecule has 1 aliphatic rings. The van der Waals surface area contributed by atoms with E-state index in [0.29, 0.717) is 24.0 Å². The van der Waals surface area contributed by atoms with Crippen molar-refractivity contribution in [3.8, 4) is 6.07 Å². The number of piperidine rings is 1. The van der Waals surface area contributed by atoms with Crippen LogP contribution in [0.5, 0.6) is 0 Å². The van der Waals surface area contributed by atoms with Crippen molar-refractivity contribution in [2.45, 2.75) is 26.3 Å². The average molecular weight is 384 g/mol. The van der Waals surface area contributed by atoms with E-state index in [2.05, 4.69) is 22.9 Å². The van der Waals surface area contributed by atoms with Gasteiger partial charge in [-0.3, -0.25) is 0 Å². The standard InChI is InChI=1S/C15H20N4.HI/c1-12-4-3-7-19(11-12)15(17)18-10-14-6-2-5-13(8-14)9-16;/h2,5-6,8,12H,3-4,7,10-11H2,1H3,(H2,17,18);1H. The van der Waals surface area contributed by atoms with Crippen LogP contribution in [0.4, 0.5) is 0 Å². The Morgan fingerprint density at radius 2 is 2.35 bits per heavy atom. The van der Waals surface area contributed by atoms with Crippen LogP contribution in [-0.2, 0) is 6.54 Å². The van der Waals surface area contributed by atoms with Crippen molar-refractivity contribution in [2.75, 3.05) is 13.1 Å². The van der Waals surface area contributed by atoms with Gasteiger partial charge in [-0.25, -0.2) is 4.99 Å². The minimum Gasteiger partial charge on any atom is -0.370 e. The highest BCUT2D eigenvalue weighted by Crippen LogP contribution is 2.15. The number of rotatable bonds is 2. The SMILES string of the molecule is CC1CCCN(C(N)=NCc2cccc(C#N)c2)C1.I. The van der Waals surface area contributed by atoms with Gasteiger partial charge in [0.05, 0.1) is 18.2 Å². The third-order valence-electron chi connectivity index (χ3n) is 3.46. The fourth-order valence-electron chi connectivity index (χ4n) is 2.41. The molecule has 4 nitrogen and oxygen atoms in total. The molecular formula is C15H21IN4. The predicted molar refractivity (Wildman–Crippen MR) is 91.9 cm³/mol. The number of benzene rings is 1. The topological polar surface area (TPSA) is 65.4 Å². The number of nitriles is 1. The van der Waals surface area contributed by atoms with Gasteiger partial charge in [0, 0.05) is 13.1 Å². The molecule has 0 amide bonds. The molecule has 0 saturated carbocycles. The maximum absolute atomic E-state index is 8.85. The molecular weight excluding hydrogens is 363 g/mol. The maximum atomic E-state index is 8.85. The average Bonchev–Trinajstić information content (AvgIpc) is 2.45. The third-order valence-corrected chi connectivity index (χ3v) is 3.46. The molecule has 1 fully saturated rings. The van der Waals surface area contributed by atoms with Crippen LogP contribution in [0.25, 0.3) is 0 Å². The number of halogens is 1. The van der Waals surface area contributed by atoms with E-state index < -0.39 is 0 Å². The van der Waals surface area contributed by atoms with Gasteiger partial charge in [-0.2, -0.15) is 5.26 Å². The summed E-state index contributed by atoms with van der Waals surface area (Å²) < 4.78 is 0. The zero-order valence-electron chi connectivity index (χ0n) is 11.7. The lowest BCUT2D eigenvalue weighted by Gasteiger charge is -2.31. The maximum Gasteiger partial charge on any atom is 0.191 e. The van der Waals surface area contributed by atoms with E-state index in [-0.39, 0.29) is 24.0 Å². The molecule has 1 atom stereocenters. The number of aliphatic imine (C=N–C) groups is 1. The van der Waals surface area contributed by atoms with Crippen molar-refractivity contribution in [3.05, 3.63) is 35.4 Å². The first kappa shape index (κ1) is 16.8. The van der Waals surface area contributed by atoms with E-state index >= 15 is 0 Å². The molecule has 1 aromatic rings. The lowest BCUT2D eigenvalue weighted by molar-refractivity contribution is 0.270. The Kier molecular flexibility index (Phi) is 6.79. The Morgan fingerprint density at radius 1 is 1.55 bits per heavy atom. The van der Waals surface area contributed by atoms with Crippen molar-refractivity contribution in [2.24, 2.45) is 16.6 Å². The fraction of sp³-hybridized carbons (Fsp3) is 0.467.